The first-order chi connectivity index (χ1) is 12.2. The van der Waals surface area contributed by atoms with E-state index in [0.717, 1.165) is 0 Å². The fourth-order valence-corrected chi connectivity index (χ4v) is 3.81. The van der Waals surface area contributed by atoms with Crippen LogP contribution in [-0.4, -0.2) is 13.1 Å². The molecule has 0 aliphatic rings. The van der Waals surface area contributed by atoms with Crippen LogP contribution >= 0.6 is 0 Å². The van der Waals surface area contributed by atoms with E-state index >= 15 is 0 Å². The van der Waals surface area contributed by atoms with Crippen molar-refractivity contribution in [3.05, 3.63) is 29.3 Å². The van der Waals surface area contributed by atoms with Gasteiger partial charge >= 0.3 is 0 Å². The third-order valence-electron chi connectivity index (χ3n) is 5.32. The van der Waals surface area contributed by atoms with Gasteiger partial charge in [0.25, 0.3) is 0 Å². The molecule has 1 nitrogen and oxygen atoms in total. The highest BCUT2D eigenvalue weighted by Gasteiger charge is 2.11. The molecule has 0 spiro atoms. The van der Waals surface area contributed by atoms with Crippen LogP contribution in [0.2, 0.25) is 0 Å². The summed E-state index contributed by atoms with van der Waals surface area (Å²) in [5.74, 6) is 0. The van der Waals surface area contributed by atoms with E-state index in [1.807, 2.05) is 0 Å². The molecule has 0 aromatic heterocycles. The van der Waals surface area contributed by atoms with Crippen molar-refractivity contribution in [2.75, 3.05) is 18.0 Å². The second kappa shape index (κ2) is 14.2. The van der Waals surface area contributed by atoms with Crippen molar-refractivity contribution in [2.45, 2.75) is 105 Å². The third kappa shape index (κ3) is 9.33. The maximum Gasteiger partial charge on any atom is 0.0425 e. The van der Waals surface area contributed by atoms with Crippen LogP contribution in [0, 0.1) is 13.8 Å². The Labute approximate surface area is 158 Å². The lowest BCUT2D eigenvalue weighted by Crippen LogP contribution is -2.27. The Hall–Kier alpha value is -0.980. The van der Waals surface area contributed by atoms with Gasteiger partial charge in [-0.1, -0.05) is 96.3 Å². The van der Waals surface area contributed by atoms with Gasteiger partial charge in [-0.3, -0.25) is 0 Å². The third-order valence-corrected chi connectivity index (χ3v) is 5.32. The van der Waals surface area contributed by atoms with E-state index in [-0.39, 0.29) is 0 Å². The second-order valence-corrected chi connectivity index (χ2v) is 7.76. The molecule has 0 N–H and O–H groups in total. The van der Waals surface area contributed by atoms with Crippen molar-refractivity contribution in [1.29, 1.82) is 0 Å². The summed E-state index contributed by atoms with van der Waals surface area (Å²) < 4.78 is 0. The Kier molecular flexibility index (Phi) is 12.5. The zero-order valence-electron chi connectivity index (χ0n) is 17.6. The molecule has 0 atom stereocenters. The maximum atomic E-state index is 2.68. The number of aryl methyl sites for hydroxylation is 2. The quantitative estimate of drug-likeness (QED) is 0.293. The summed E-state index contributed by atoms with van der Waals surface area (Å²) in [5, 5.41) is 0. The number of rotatable bonds is 15. The summed E-state index contributed by atoms with van der Waals surface area (Å²) in [6, 6.07) is 6.75. The van der Waals surface area contributed by atoms with Gasteiger partial charge in [-0.2, -0.15) is 0 Å². The molecule has 1 aromatic rings. The Morgan fingerprint density at radius 2 is 1.00 bits per heavy atom. The molecule has 0 amide bonds. The summed E-state index contributed by atoms with van der Waals surface area (Å²) in [4.78, 5) is 2.68. The Morgan fingerprint density at radius 3 is 1.44 bits per heavy atom. The molecule has 0 saturated heterocycles. The Bertz CT molecular complexity index is 401. The minimum atomic E-state index is 1.23. The summed E-state index contributed by atoms with van der Waals surface area (Å²) in [6.07, 6.45) is 16.6. The summed E-state index contributed by atoms with van der Waals surface area (Å²) in [7, 11) is 0. The maximum absolute atomic E-state index is 2.68. The van der Waals surface area contributed by atoms with Crippen LogP contribution in [0.1, 0.15) is 102 Å². The minimum absolute atomic E-state index is 1.23. The number of para-hydroxylation sites is 1. The SMILES string of the molecule is CCCCCCCCN(CCCCCCCC)c1c(C)cccc1C. The van der Waals surface area contributed by atoms with Crippen molar-refractivity contribution in [3.8, 4) is 0 Å². The van der Waals surface area contributed by atoms with Crippen LogP contribution in [0.25, 0.3) is 0 Å². The van der Waals surface area contributed by atoms with Crippen molar-refractivity contribution < 1.29 is 0 Å². The smallest absolute Gasteiger partial charge is 0.0425 e. The summed E-state index contributed by atoms with van der Waals surface area (Å²) in [6.45, 7) is 11.6. The molecule has 1 rings (SSSR count). The topological polar surface area (TPSA) is 3.24 Å². The normalized spacial score (nSPS) is 11.0. The van der Waals surface area contributed by atoms with E-state index in [1.165, 1.54) is 107 Å². The summed E-state index contributed by atoms with van der Waals surface area (Å²) in [5.41, 5.74) is 4.39. The van der Waals surface area contributed by atoms with Crippen molar-refractivity contribution in [2.24, 2.45) is 0 Å². The number of unbranched alkanes of at least 4 members (excludes halogenated alkanes) is 10. The Morgan fingerprint density at radius 1 is 0.600 bits per heavy atom. The number of benzene rings is 1. The lowest BCUT2D eigenvalue weighted by atomic mass is 10.1. The van der Waals surface area contributed by atoms with Gasteiger partial charge in [0, 0.05) is 18.8 Å². The molecular formula is C24H43N. The second-order valence-electron chi connectivity index (χ2n) is 7.76. The minimum Gasteiger partial charge on any atom is -0.371 e. The molecule has 0 radical (unpaired) electrons. The lowest BCUT2D eigenvalue weighted by molar-refractivity contribution is 0.574. The lowest BCUT2D eigenvalue weighted by Gasteiger charge is -2.28. The van der Waals surface area contributed by atoms with Crippen LogP contribution < -0.4 is 4.90 Å². The van der Waals surface area contributed by atoms with E-state index in [2.05, 4.69) is 50.8 Å². The van der Waals surface area contributed by atoms with Crippen LogP contribution in [0.4, 0.5) is 5.69 Å². The molecule has 0 saturated carbocycles. The predicted molar refractivity (Wildman–Crippen MR) is 115 cm³/mol. The summed E-state index contributed by atoms with van der Waals surface area (Å²) >= 11 is 0. The highest BCUT2D eigenvalue weighted by atomic mass is 15.1. The predicted octanol–water partition coefficient (Wildman–Crippen LogP) is 7.83. The molecule has 0 aliphatic heterocycles. The number of anilines is 1. The average Bonchev–Trinajstić information content (AvgIpc) is 2.60. The first-order valence-corrected chi connectivity index (χ1v) is 11.0. The van der Waals surface area contributed by atoms with Crippen molar-refractivity contribution in [1.82, 2.24) is 0 Å². The number of nitrogens with zero attached hydrogens (tertiary/aromatic N) is 1. The van der Waals surface area contributed by atoms with E-state index < -0.39 is 0 Å². The van der Waals surface area contributed by atoms with Crippen LogP contribution in [0.3, 0.4) is 0 Å². The zero-order chi connectivity index (χ0) is 18.3. The zero-order valence-corrected chi connectivity index (χ0v) is 17.6. The molecule has 0 aliphatic carbocycles. The van der Waals surface area contributed by atoms with Crippen LogP contribution in [0.15, 0.2) is 18.2 Å². The highest BCUT2D eigenvalue weighted by molar-refractivity contribution is 5.58. The standard InChI is InChI=1S/C24H43N/c1-5-7-9-11-13-15-20-25(21-16-14-12-10-8-6-2)24-22(3)18-17-19-23(24)4/h17-19H,5-16,20-21H2,1-4H3. The van der Waals surface area contributed by atoms with Crippen LogP contribution in [0.5, 0.6) is 0 Å². The monoisotopic (exact) mass is 345 g/mol. The van der Waals surface area contributed by atoms with Gasteiger partial charge in [0.2, 0.25) is 0 Å². The van der Waals surface area contributed by atoms with Gasteiger partial charge in [0.15, 0.2) is 0 Å². The molecule has 144 valence electrons. The van der Waals surface area contributed by atoms with E-state index in [1.54, 1.807) is 0 Å². The fraction of sp³-hybridized carbons (Fsp3) is 0.750. The first kappa shape index (κ1) is 22.1. The number of hydrogen-bond acceptors (Lipinski definition) is 1. The van der Waals surface area contributed by atoms with Gasteiger partial charge in [-0.05, 0) is 37.8 Å². The molecule has 0 heterocycles. The fourth-order valence-electron chi connectivity index (χ4n) is 3.81. The van der Waals surface area contributed by atoms with Crippen LogP contribution in [-0.2, 0) is 0 Å². The number of hydrogen-bond donors (Lipinski definition) is 0. The van der Waals surface area contributed by atoms with Crippen molar-refractivity contribution >= 4 is 5.69 Å². The molecule has 1 aromatic carbocycles. The molecule has 0 unspecified atom stereocenters. The van der Waals surface area contributed by atoms with Gasteiger partial charge in [-0.15, -0.1) is 0 Å². The first-order valence-electron chi connectivity index (χ1n) is 11.0. The van der Waals surface area contributed by atoms with E-state index in [4.69, 9.17) is 0 Å². The molecular weight excluding hydrogens is 302 g/mol. The van der Waals surface area contributed by atoms with Gasteiger partial charge in [-0.25, -0.2) is 0 Å². The van der Waals surface area contributed by atoms with Gasteiger partial charge in [0.05, 0.1) is 0 Å². The molecule has 25 heavy (non-hydrogen) atoms. The van der Waals surface area contributed by atoms with Gasteiger partial charge in [0.1, 0.15) is 0 Å². The largest absolute Gasteiger partial charge is 0.371 e. The molecule has 1 heteroatoms. The van der Waals surface area contributed by atoms with E-state index in [0.29, 0.717) is 0 Å². The van der Waals surface area contributed by atoms with Gasteiger partial charge < -0.3 is 4.90 Å². The Balaban J connectivity index is 2.49. The average molecular weight is 346 g/mol. The van der Waals surface area contributed by atoms with Crippen molar-refractivity contribution in [3.63, 3.8) is 0 Å². The molecule has 0 fully saturated rings. The van der Waals surface area contributed by atoms with E-state index in [9.17, 15) is 0 Å². The highest BCUT2D eigenvalue weighted by Crippen LogP contribution is 2.26. The molecule has 0 bridgehead atoms.